The van der Waals surface area contributed by atoms with Gasteiger partial charge >= 0.3 is 0 Å². The molecular formula is C13H19NO4. The van der Waals surface area contributed by atoms with Crippen molar-refractivity contribution in [3.8, 4) is 0 Å². The van der Waals surface area contributed by atoms with E-state index in [4.69, 9.17) is 9.47 Å². The Balaban J connectivity index is 2.10. The molecule has 1 aromatic rings. The zero-order valence-corrected chi connectivity index (χ0v) is 10.5. The molecule has 1 unspecified atom stereocenters. The van der Waals surface area contributed by atoms with E-state index in [0.29, 0.717) is 6.61 Å². The summed E-state index contributed by atoms with van der Waals surface area (Å²) in [7, 11) is 1.49. The van der Waals surface area contributed by atoms with E-state index in [9.17, 15) is 9.90 Å². The van der Waals surface area contributed by atoms with E-state index in [1.54, 1.807) is 0 Å². The van der Waals surface area contributed by atoms with E-state index in [1.807, 2.05) is 30.3 Å². The van der Waals surface area contributed by atoms with Crippen LogP contribution in [0.2, 0.25) is 0 Å². The third kappa shape index (κ3) is 6.34. The van der Waals surface area contributed by atoms with E-state index in [0.717, 1.165) is 5.56 Å². The van der Waals surface area contributed by atoms with Gasteiger partial charge in [0.2, 0.25) is 5.91 Å². The third-order valence-corrected chi connectivity index (χ3v) is 2.24. The first-order valence-corrected chi connectivity index (χ1v) is 5.77. The second-order valence-electron chi connectivity index (χ2n) is 3.89. The van der Waals surface area contributed by atoms with Crippen molar-refractivity contribution in [2.45, 2.75) is 12.7 Å². The largest absolute Gasteiger partial charge is 0.389 e. The highest BCUT2D eigenvalue weighted by Gasteiger charge is 2.06. The van der Waals surface area contributed by atoms with Crippen LogP contribution in [-0.2, 0) is 20.9 Å². The number of hydrogen-bond donors (Lipinski definition) is 2. The lowest BCUT2D eigenvalue weighted by atomic mass is 10.2. The Labute approximate surface area is 107 Å². The second kappa shape index (κ2) is 8.63. The van der Waals surface area contributed by atoms with Crippen molar-refractivity contribution in [2.75, 3.05) is 26.9 Å². The fraction of sp³-hybridized carbons (Fsp3) is 0.462. The smallest absolute Gasteiger partial charge is 0.246 e. The molecule has 0 saturated carbocycles. The van der Waals surface area contributed by atoms with Crippen LogP contribution in [-0.4, -0.2) is 44.0 Å². The molecule has 5 heteroatoms. The molecular weight excluding hydrogens is 234 g/mol. The summed E-state index contributed by atoms with van der Waals surface area (Å²) in [5.41, 5.74) is 1.02. The number of methoxy groups -OCH3 is 1. The standard InChI is InChI=1S/C13H19NO4/c1-17-9-12(15)7-14-13(16)10-18-8-11-5-3-2-4-6-11/h2-6,12,15H,7-10H2,1H3,(H,14,16). The van der Waals surface area contributed by atoms with Crippen molar-refractivity contribution in [2.24, 2.45) is 0 Å². The molecule has 1 amide bonds. The average Bonchev–Trinajstić information content (AvgIpc) is 2.38. The minimum atomic E-state index is -0.687. The number of aliphatic hydroxyl groups excluding tert-OH is 1. The van der Waals surface area contributed by atoms with Crippen molar-refractivity contribution in [1.82, 2.24) is 5.32 Å². The van der Waals surface area contributed by atoms with Crippen molar-refractivity contribution in [3.05, 3.63) is 35.9 Å². The van der Waals surface area contributed by atoms with E-state index in [2.05, 4.69) is 5.32 Å². The number of rotatable bonds is 8. The number of aliphatic hydroxyl groups is 1. The van der Waals surface area contributed by atoms with Crippen LogP contribution in [0.4, 0.5) is 0 Å². The maximum absolute atomic E-state index is 11.4. The zero-order chi connectivity index (χ0) is 13.2. The van der Waals surface area contributed by atoms with Crippen LogP contribution in [0.15, 0.2) is 30.3 Å². The lowest BCUT2D eigenvalue weighted by Crippen LogP contribution is -2.36. The molecule has 1 rings (SSSR count). The maximum Gasteiger partial charge on any atom is 0.246 e. The summed E-state index contributed by atoms with van der Waals surface area (Å²) in [5.74, 6) is -0.249. The zero-order valence-electron chi connectivity index (χ0n) is 10.5. The van der Waals surface area contributed by atoms with Crippen LogP contribution in [0.3, 0.4) is 0 Å². The summed E-state index contributed by atoms with van der Waals surface area (Å²) in [6.45, 7) is 0.746. The van der Waals surface area contributed by atoms with Crippen molar-refractivity contribution < 1.29 is 19.4 Å². The summed E-state index contributed by atoms with van der Waals surface area (Å²) in [6.07, 6.45) is -0.687. The second-order valence-corrected chi connectivity index (χ2v) is 3.89. The van der Waals surface area contributed by atoms with Gasteiger partial charge in [-0.1, -0.05) is 30.3 Å². The quantitative estimate of drug-likeness (QED) is 0.700. The first kappa shape index (κ1) is 14.6. The molecule has 18 heavy (non-hydrogen) atoms. The first-order chi connectivity index (χ1) is 8.72. The number of carbonyl (C=O) groups is 1. The molecule has 0 aliphatic rings. The van der Waals surface area contributed by atoms with Crippen molar-refractivity contribution in [3.63, 3.8) is 0 Å². The highest BCUT2D eigenvalue weighted by Crippen LogP contribution is 1.99. The Hall–Kier alpha value is -1.43. The monoisotopic (exact) mass is 253 g/mol. The van der Waals surface area contributed by atoms with Gasteiger partial charge < -0.3 is 19.9 Å². The Bertz CT molecular complexity index is 342. The molecule has 0 heterocycles. The minimum absolute atomic E-state index is 0.0192. The number of ether oxygens (including phenoxy) is 2. The van der Waals surface area contributed by atoms with Gasteiger partial charge in [-0.05, 0) is 5.56 Å². The number of nitrogens with one attached hydrogen (secondary N) is 1. The Morgan fingerprint density at radius 1 is 1.39 bits per heavy atom. The summed E-state index contributed by atoms with van der Waals surface area (Å²) in [4.78, 5) is 11.4. The SMILES string of the molecule is COCC(O)CNC(=O)COCc1ccccc1. The van der Waals surface area contributed by atoms with Gasteiger partial charge in [0.1, 0.15) is 6.61 Å². The normalized spacial score (nSPS) is 12.1. The first-order valence-electron chi connectivity index (χ1n) is 5.77. The van der Waals surface area contributed by atoms with Gasteiger partial charge in [-0.15, -0.1) is 0 Å². The van der Waals surface area contributed by atoms with Crippen LogP contribution in [0, 0.1) is 0 Å². The number of hydrogen-bond acceptors (Lipinski definition) is 4. The number of amides is 1. The van der Waals surface area contributed by atoms with Gasteiger partial charge in [0.15, 0.2) is 0 Å². The van der Waals surface area contributed by atoms with E-state index < -0.39 is 6.10 Å². The number of benzene rings is 1. The highest BCUT2D eigenvalue weighted by atomic mass is 16.5. The molecule has 0 aliphatic carbocycles. The molecule has 0 radical (unpaired) electrons. The van der Waals surface area contributed by atoms with E-state index in [-0.39, 0.29) is 25.7 Å². The number of carbonyl (C=O) groups excluding carboxylic acids is 1. The summed E-state index contributed by atoms with van der Waals surface area (Å²) in [6, 6.07) is 9.62. The average molecular weight is 253 g/mol. The molecule has 100 valence electrons. The summed E-state index contributed by atoms with van der Waals surface area (Å²) < 4.78 is 9.99. The van der Waals surface area contributed by atoms with Crippen LogP contribution in [0.1, 0.15) is 5.56 Å². The van der Waals surface area contributed by atoms with Crippen LogP contribution >= 0.6 is 0 Å². The minimum Gasteiger partial charge on any atom is -0.389 e. The fourth-order valence-electron chi connectivity index (χ4n) is 1.37. The lowest BCUT2D eigenvalue weighted by molar-refractivity contribution is -0.126. The molecule has 0 aromatic heterocycles. The molecule has 0 aliphatic heterocycles. The maximum atomic E-state index is 11.4. The van der Waals surface area contributed by atoms with Crippen molar-refractivity contribution in [1.29, 1.82) is 0 Å². The summed E-state index contributed by atoms with van der Waals surface area (Å²) >= 11 is 0. The van der Waals surface area contributed by atoms with E-state index in [1.165, 1.54) is 7.11 Å². The molecule has 0 saturated heterocycles. The topological polar surface area (TPSA) is 67.8 Å². The van der Waals surface area contributed by atoms with Gasteiger partial charge in [0.05, 0.1) is 19.3 Å². The molecule has 0 bridgehead atoms. The predicted octanol–water partition coefficient (Wildman–Crippen LogP) is 0.327. The Morgan fingerprint density at radius 2 is 2.11 bits per heavy atom. The summed E-state index contributed by atoms with van der Waals surface area (Å²) in [5, 5.41) is 11.9. The lowest BCUT2D eigenvalue weighted by Gasteiger charge is -2.10. The Morgan fingerprint density at radius 3 is 2.78 bits per heavy atom. The van der Waals surface area contributed by atoms with Gasteiger partial charge in [-0.2, -0.15) is 0 Å². The predicted molar refractivity (Wildman–Crippen MR) is 67.0 cm³/mol. The van der Waals surface area contributed by atoms with Gasteiger partial charge in [-0.25, -0.2) is 0 Å². The molecule has 2 N–H and O–H groups in total. The molecule has 5 nitrogen and oxygen atoms in total. The van der Waals surface area contributed by atoms with Crippen LogP contribution in [0.5, 0.6) is 0 Å². The van der Waals surface area contributed by atoms with E-state index >= 15 is 0 Å². The molecule has 1 atom stereocenters. The molecule has 0 fully saturated rings. The third-order valence-electron chi connectivity index (χ3n) is 2.24. The van der Waals surface area contributed by atoms with Gasteiger partial charge in [-0.3, -0.25) is 4.79 Å². The Kier molecular flexibility index (Phi) is 7.01. The fourth-order valence-corrected chi connectivity index (χ4v) is 1.37. The van der Waals surface area contributed by atoms with Crippen LogP contribution < -0.4 is 5.32 Å². The molecule has 0 spiro atoms. The van der Waals surface area contributed by atoms with Gasteiger partial charge in [0, 0.05) is 13.7 Å². The highest BCUT2D eigenvalue weighted by molar-refractivity contribution is 5.77. The van der Waals surface area contributed by atoms with Crippen molar-refractivity contribution >= 4 is 5.91 Å². The van der Waals surface area contributed by atoms with Gasteiger partial charge in [0.25, 0.3) is 0 Å². The van der Waals surface area contributed by atoms with Crippen LogP contribution in [0.25, 0.3) is 0 Å². The molecule has 1 aromatic carbocycles.